The van der Waals surface area contributed by atoms with E-state index in [2.05, 4.69) is 26.8 Å². The fourth-order valence-corrected chi connectivity index (χ4v) is 11.2. The molecule has 8 aliphatic rings. The number of aromatic hydroxyl groups is 1. The van der Waals surface area contributed by atoms with Crippen molar-refractivity contribution in [3.05, 3.63) is 28.3 Å². The molecule has 168 valence electrons. The predicted octanol–water partition coefficient (Wildman–Crippen LogP) is 7.76. The Morgan fingerprint density at radius 2 is 1.10 bits per heavy atom. The molecule has 9 rings (SSSR count). The Hall–Kier alpha value is -0.980. The molecule has 1 aromatic rings. The SMILES string of the molecule is Cc1c(C23CC4CC(CC(C4)C2)C3)cc(C(C)C)c(C23CC4CC(CC(C4)C2)C3)c1O. The first-order valence-corrected chi connectivity index (χ1v) is 13.7. The van der Waals surface area contributed by atoms with Gasteiger partial charge in [-0.05, 0) is 148 Å². The Morgan fingerprint density at radius 3 is 1.48 bits per heavy atom. The summed E-state index contributed by atoms with van der Waals surface area (Å²) < 4.78 is 0. The van der Waals surface area contributed by atoms with E-state index in [-0.39, 0.29) is 5.41 Å². The molecule has 0 aliphatic heterocycles. The van der Waals surface area contributed by atoms with E-state index in [1.54, 1.807) is 5.56 Å². The van der Waals surface area contributed by atoms with Crippen LogP contribution in [0, 0.1) is 42.4 Å². The van der Waals surface area contributed by atoms with Gasteiger partial charge in [-0.3, -0.25) is 0 Å². The highest BCUT2D eigenvalue weighted by molar-refractivity contribution is 5.57. The number of hydrogen-bond acceptors (Lipinski definition) is 1. The lowest BCUT2D eigenvalue weighted by atomic mass is 9.46. The van der Waals surface area contributed by atoms with Gasteiger partial charge >= 0.3 is 0 Å². The Bertz CT molecular complexity index is 850. The summed E-state index contributed by atoms with van der Waals surface area (Å²) in [5.41, 5.74) is 6.45. The number of rotatable bonds is 3. The molecule has 0 spiro atoms. The number of hydrogen-bond donors (Lipinski definition) is 1. The van der Waals surface area contributed by atoms with Gasteiger partial charge in [0.15, 0.2) is 0 Å². The van der Waals surface area contributed by atoms with Crippen LogP contribution in [0.3, 0.4) is 0 Å². The maximum Gasteiger partial charge on any atom is 0.122 e. The fourth-order valence-electron chi connectivity index (χ4n) is 11.2. The van der Waals surface area contributed by atoms with Crippen LogP contribution in [-0.4, -0.2) is 5.11 Å². The van der Waals surface area contributed by atoms with Crippen LogP contribution in [0.15, 0.2) is 6.07 Å². The molecule has 8 aliphatic carbocycles. The second-order valence-electron chi connectivity index (χ2n) is 13.9. The smallest absolute Gasteiger partial charge is 0.122 e. The van der Waals surface area contributed by atoms with Crippen molar-refractivity contribution in [3.63, 3.8) is 0 Å². The van der Waals surface area contributed by atoms with Crippen LogP contribution in [0.2, 0.25) is 0 Å². The first-order chi connectivity index (χ1) is 14.8. The van der Waals surface area contributed by atoms with Crippen molar-refractivity contribution in [2.24, 2.45) is 35.5 Å². The van der Waals surface area contributed by atoms with Gasteiger partial charge in [-0.25, -0.2) is 0 Å². The second-order valence-corrected chi connectivity index (χ2v) is 13.9. The molecule has 0 unspecified atom stereocenters. The molecule has 0 amide bonds. The average Bonchev–Trinajstić information content (AvgIpc) is 2.67. The van der Waals surface area contributed by atoms with Crippen molar-refractivity contribution in [3.8, 4) is 5.75 Å². The third kappa shape index (κ3) is 2.67. The van der Waals surface area contributed by atoms with Crippen LogP contribution in [-0.2, 0) is 10.8 Å². The highest BCUT2D eigenvalue weighted by Crippen LogP contribution is 2.65. The van der Waals surface area contributed by atoms with E-state index in [4.69, 9.17) is 0 Å². The maximum atomic E-state index is 12.0. The summed E-state index contributed by atoms with van der Waals surface area (Å²) in [5, 5.41) is 12.0. The third-order valence-corrected chi connectivity index (χ3v) is 11.4. The van der Waals surface area contributed by atoms with Crippen LogP contribution in [0.1, 0.15) is 119 Å². The Balaban J connectivity index is 1.38. The van der Waals surface area contributed by atoms with Crippen LogP contribution in [0.25, 0.3) is 0 Å². The van der Waals surface area contributed by atoms with E-state index in [1.807, 2.05) is 0 Å². The highest BCUT2D eigenvalue weighted by Gasteiger charge is 2.55. The molecule has 8 saturated carbocycles. The van der Waals surface area contributed by atoms with E-state index in [1.165, 1.54) is 93.7 Å². The van der Waals surface area contributed by atoms with Gasteiger partial charge < -0.3 is 5.11 Å². The van der Waals surface area contributed by atoms with E-state index in [0.717, 1.165) is 41.3 Å². The molecular weight excluding hydrogens is 376 g/mol. The number of benzene rings is 1. The first-order valence-electron chi connectivity index (χ1n) is 13.7. The molecule has 1 nitrogen and oxygen atoms in total. The topological polar surface area (TPSA) is 20.2 Å². The van der Waals surface area contributed by atoms with Crippen molar-refractivity contribution in [2.75, 3.05) is 0 Å². The molecular formula is C30H42O. The highest BCUT2D eigenvalue weighted by atomic mass is 16.3. The van der Waals surface area contributed by atoms with E-state index in [9.17, 15) is 5.11 Å². The van der Waals surface area contributed by atoms with Gasteiger partial charge in [0.25, 0.3) is 0 Å². The lowest BCUT2D eigenvalue weighted by Crippen LogP contribution is -2.50. The molecule has 1 heteroatoms. The van der Waals surface area contributed by atoms with Gasteiger partial charge in [-0.2, -0.15) is 0 Å². The Morgan fingerprint density at radius 1 is 0.710 bits per heavy atom. The zero-order chi connectivity index (χ0) is 21.1. The van der Waals surface area contributed by atoms with Crippen LogP contribution in [0.5, 0.6) is 5.75 Å². The minimum Gasteiger partial charge on any atom is -0.507 e. The molecule has 1 aromatic carbocycles. The molecule has 31 heavy (non-hydrogen) atoms. The largest absolute Gasteiger partial charge is 0.507 e. The molecule has 0 aromatic heterocycles. The van der Waals surface area contributed by atoms with Crippen molar-refractivity contribution in [1.29, 1.82) is 0 Å². The maximum absolute atomic E-state index is 12.0. The summed E-state index contributed by atoms with van der Waals surface area (Å²) in [6.45, 7) is 7.06. The zero-order valence-corrected chi connectivity index (χ0v) is 20.1. The molecule has 0 radical (unpaired) electrons. The summed E-state index contributed by atoms with van der Waals surface area (Å²) in [5.74, 6) is 6.88. The Labute approximate surface area is 189 Å². The minimum atomic E-state index is 0.281. The molecule has 8 fully saturated rings. The average molecular weight is 419 g/mol. The summed E-state index contributed by atoms with van der Waals surface area (Å²) in [7, 11) is 0. The summed E-state index contributed by atoms with van der Waals surface area (Å²) in [6, 6.07) is 2.67. The lowest BCUT2D eigenvalue weighted by Gasteiger charge is -2.59. The van der Waals surface area contributed by atoms with E-state index < -0.39 is 0 Å². The quantitative estimate of drug-likeness (QED) is 0.532. The molecule has 0 heterocycles. The van der Waals surface area contributed by atoms with Crippen molar-refractivity contribution >= 4 is 0 Å². The fraction of sp³-hybridized carbons (Fsp3) is 0.800. The lowest BCUT2D eigenvalue weighted by molar-refractivity contribution is -0.00845. The minimum absolute atomic E-state index is 0.281. The van der Waals surface area contributed by atoms with E-state index in [0.29, 0.717) is 11.3 Å². The standard InChI is InChI=1S/C30H42O/c1-17(2)25-10-26(29-11-19-4-20(12-29)6-21(5-19)13-29)18(3)28(31)27(25)30-14-22-7-23(15-30)9-24(8-22)16-30/h10,17,19-24,31H,4-9,11-16H2,1-3H3. The van der Waals surface area contributed by atoms with Gasteiger partial charge in [0.1, 0.15) is 5.75 Å². The summed E-state index contributed by atoms with van der Waals surface area (Å²) >= 11 is 0. The second kappa shape index (κ2) is 6.32. The van der Waals surface area contributed by atoms with Crippen LogP contribution < -0.4 is 0 Å². The summed E-state index contributed by atoms with van der Waals surface area (Å²) in [4.78, 5) is 0. The van der Waals surface area contributed by atoms with Gasteiger partial charge in [0.05, 0.1) is 0 Å². The third-order valence-electron chi connectivity index (χ3n) is 11.4. The first kappa shape index (κ1) is 19.5. The summed E-state index contributed by atoms with van der Waals surface area (Å²) in [6.07, 6.45) is 17.1. The van der Waals surface area contributed by atoms with Gasteiger partial charge in [-0.1, -0.05) is 19.9 Å². The monoisotopic (exact) mass is 418 g/mol. The Kier molecular flexibility index (Phi) is 3.98. The van der Waals surface area contributed by atoms with E-state index >= 15 is 0 Å². The predicted molar refractivity (Wildman–Crippen MR) is 127 cm³/mol. The van der Waals surface area contributed by atoms with Crippen molar-refractivity contribution in [2.45, 2.75) is 115 Å². The normalized spacial score (nSPS) is 47.0. The van der Waals surface area contributed by atoms with Crippen LogP contribution >= 0.6 is 0 Å². The van der Waals surface area contributed by atoms with Gasteiger partial charge in [-0.15, -0.1) is 0 Å². The van der Waals surface area contributed by atoms with Crippen LogP contribution in [0.4, 0.5) is 0 Å². The van der Waals surface area contributed by atoms with Gasteiger partial charge in [0, 0.05) is 11.0 Å². The number of phenolic OH excluding ortho intramolecular Hbond substituents is 1. The molecule has 0 saturated heterocycles. The van der Waals surface area contributed by atoms with Crippen molar-refractivity contribution in [1.82, 2.24) is 0 Å². The van der Waals surface area contributed by atoms with Crippen molar-refractivity contribution < 1.29 is 5.11 Å². The zero-order valence-electron chi connectivity index (χ0n) is 20.1. The number of phenols is 1. The van der Waals surface area contributed by atoms with Gasteiger partial charge in [0.2, 0.25) is 0 Å². The molecule has 8 bridgehead atoms. The molecule has 0 atom stereocenters. The molecule has 1 N–H and O–H groups in total.